The highest BCUT2D eigenvalue weighted by molar-refractivity contribution is 7.85. The van der Waals surface area contributed by atoms with Crippen LogP contribution < -0.4 is 0 Å². The topological polar surface area (TPSA) is 82.5 Å². The molecule has 0 radical (unpaired) electrons. The van der Waals surface area contributed by atoms with Crippen molar-refractivity contribution in [3.8, 4) is 0 Å². The molecule has 0 atom stereocenters. The minimum absolute atomic E-state index is 0.210. The zero-order chi connectivity index (χ0) is 8.74. The molecule has 5 nitrogen and oxygen atoms in total. The molecule has 0 rings (SSSR count). The van der Waals surface area contributed by atoms with Crippen LogP contribution in [0.5, 0.6) is 0 Å². The van der Waals surface area contributed by atoms with Crippen molar-refractivity contribution in [2.45, 2.75) is 19.3 Å². The average Bonchev–Trinajstić information content (AvgIpc) is 1.85. The first-order valence-corrected chi connectivity index (χ1v) is 4.93. The summed E-state index contributed by atoms with van der Waals surface area (Å²) in [5.74, 6) is -0.210. The molecule has 0 aromatic heterocycles. The van der Waals surface area contributed by atoms with Crippen LogP contribution in [0.3, 0.4) is 0 Å². The minimum Gasteiger partial charge on any atom is -0.286 e. The molecule has 0 aliphatic carbocycles. The van der Waals surface area contributed by atoms with E-state index in [9.17, 15) is 8.42 Å². The second-order valence-electron chi connectivity index (χ2n) is 2.21. The lowest BCUT2D eigenvalue weighted by molar-refractivity contribution is 0.480. The fraction of sp³-hybridized carbons (Fsp3) is 1.00. The lowest BCUT2D eigenvalue weighted by atomic mass is 10.2. The average molecular weight is 179 g/mol. The van der Waals surface area contributed by atoms with Gasteiger partial charge in [0.2, 0.25) is 5.39 Å². The number of nitrogens with zero attached hydrogens (tertiary/aromatic N) is 2. The van der Waals surface area contributed by atoms with Crippen molar-refractivity contribution >= 4 is 10.1 Å². The van der Waals surface area contributed by atoms with E-state index in [2.05, 4.69) is 4.98 Å². The van der Waals surface area contributed by atoms with Gasteiger partial charge in [0, 0.05) is 6.42 Å². The molecule has 0 aliphatic rings. The van der Waals surface area contributed by atoms with Crippen LogP contribution in [0, 0.1) is 5.39 Å². The summed E-state index contributed by atoms with van der Waals surface area (Å²) in [6.45, 7) is 0.325. The Hall–Kier alpha value is -0.670. The zero-order valence-corrected chi connectivity index (χ0v) is 6.92. The normalized spacial score (nSPS) is 10.9. The van der Waals surface area contributed by atoms with Gasteiger partial charge in [0.15, 0.2) is 0 Å². The smallest absolute Gasteiger partial charge is 0.286 e. The molecule has 0 amide bonds. The number of unbranched alkanes of at least 4 members (excludes halogenated alkanes) is 2. The largest absolute Gasteiger partial charge is 0.305 e. The SMILES string of the molecule is N#[N+]CCCCCS(=O)(=O)O. The summed E-state index contributed by atoms with van der Waals surface area (Å²) in [6, 6.07) is 0. The lowest BCUT2D eigenvalue weighted by Crippen LogP contribution is -2.03. The minimum atomic E-state index is -3.80. The van der Waals surface area contributed by atoms with Crippen LogP contribution in [-0.4, -0.2) is 25.3 Å². The van der Waals surface area contributed by atoms with E-state index in [0.717, 1.165) is 0 Å². The van der Waals surface area contributed by atoms with Gasteiger partial charge in [-0.3, -0.25) is 4.55 Å². The molecule has 0 spiro atoms. The predicted octanol–water partition coefficient (Wildman–Crippen LogP) is 0.898. The van der Waals surface area contributed by atoms with Gasteiger partial charge in [0.25, 0.3) is 10.1 Å². The molecule has 0 aromatic rings. The van der Waals surface area contributed by atoms with Crippen molar-refractivity contribution in [1.29, 1.82) is 5.39 Å². The molecular formula is C5H11N2O3S+. The van der Waals surface area contributed by atoms with Gasteiger partial charge < -0.3 is 0 Å². The van der Waals surface area contributed by atoms with Crippen molar-refractivity contribution < 1.29 is 13.0 Å². The van der Waals surface area contributed by atoms with E-state index in [1.165, 1.54) is 0 Å². The predicted molar refractivity (Wildman–Crippen MR) is 40.2 cm³/mol. The molecule has 0 aliphatic heterocycles. The van der Waals surface area contributed by atoms with Crippen molar-refractivity contribution in [1.82, 2.24) is 0 Å². The molecule has 0 unspecified atom stereocenters. The van der Waals surface area contributed by atoms with Crippen molar-refractivity contribution in [3.63, 3.8) is 0 Å². The Morgan fingerprint density at radius 2 is 1.91 bits per heavy atom. The first kappa shape index (κ1) is 10.3. The summed E-state index contributed by atoms with van der Waals surface area (Å²) in [7, 11) is -3.80. The molecule has 0 aromatic carbocycles. The first-order chi connectivity index (χ1) is 5.06. The maximum absolute atomic E-state index is 10.1. The summed E-state index contributed by atoms with van der Waals surface area (Å²) >= 11 is 0. The molecule has 0 bridgehead atoms. The molecule has 0 saturated heterocycles. The Morgan fingerprint density at radius 1 is 1.27 bits per heavy atom. The van der Waals surface area contributed by atoms with Crippen LogP contribution >= 0.6 is 0 Å². The van der Waals surface area contributed by atoms with Crippen LogP contribution in [0.25, 0.3) is 4.98 Å². The van der Waals surface area contributed by atoms with Crippen LogP contribution in [0.15, 0.2) is 0 Å². The quantitative estimate of drug-likeness (QED) is 0.386. The summed E-state index contributed by atoms with van der Waals surface area (Å²) in [5, 5.41) is 7.98. The standard InChI is InChI=1S/C5H10N2O3S/c6-7-4-2-1-3-5-11(8,9)10/h1-5H2/p+1. The van der Waals surface area contributed by atoms with Gasteiger partial charge >= 0.3 is 6.54 Å². The Labute approximate surface area is 65.8 Å². The van der Waals surface area contributed by atoms with Crippen molar-refractivity contribution in [3.05, 3.63) is 4.98 Å². The summed E-state index contributed by atoms with van der Waals surface area (Å²) in [4.78, 5) is 2.86. The van der Waals surface area contributed by atoms with E-state index in [1.807, 2.05) is 0 Å². The van der Waals surface area contributed by atoms with Crippen LogP contribution in [0.1, 0.15) is 19.3 Å². The monoisotopic (exact) mass is 179 g/mol. The number of diazo groups is 1. The highest BCUT2D eigenvalue weighted by Crippen LogP contribution is 1.98. The van der Waals surface area contributed by atoms with Crippen molar-refractivity contribution in [2.75, 3.05) is 12.3 Å². The van der Waals surface area contributed by atoms with Crippen LogP contribution in [-0.2, 0) is 10.1 Å². The van der Waals surface area contributed by atoms with Gasteiger partial charge in [-0.2, -0.15) is 8.42 Å². The Balaban J connectivity index is 3.24. The van der Waals surface area contributed by atoms with Gasteiger partial charge in [-0.15, -0.1) is 0 Å². The van der Waals surface area contributed by atoms with E-state index < -0.39 is 10.1 Å². The van der Waals surface area contributed by atoms with E-state index >= 15 is 0 Å². The third-order valence-corrected chi connectivity index (χ3v) is 1.96. The zero-order valence-electron chi connectivity index (χ0n) is 6.10. The molecule has 0 fully saturated rings. The van der Waals surface area contributed by atoms with Crippen LogP contribution in [0.4, 0.5) is 0 Å². The molecule has 0 heterocycles. The molecular weight excluding hydrogens is 168 g/mol. The highest BCUT2D eigenvalue weighted by Gasteiger charge is 2.03. The van der Waals surface area contributed by atoms with E-state index in [1.54, 1.807) is 0 Å². The van der Waals surface area contributed by atoms with Crippen LogP contribution in [0.2, 0.25) is 0 Å². The Kier molecular flexibility index (Phi) is 4.74. The highest BCUT2D eigenvalue weighted by atomic mass is 32.2. The maximum atomic E-state index is 10.1. The third-order valence-electron chi connectivity index (χ3n) is 1.16. The van der Waals surface area contributed by atoms with E-state index in [0.29, 0.717) is 25.8 Å². The fourth-order valence-electron chi connectivity index (χ4n) is 0.644. The third kappa shape index (κ3) is 9.33. The molecule has 0 saturated carbocycles. The Morgan fingerprint density at radius 3 is 2.36 bits per heavy atom. The van der Waals surface area contributed by atoms with E-state index in [4.69, 9.17) is 9.95 Å². The van der Waals surface area contributed by atoms with Crippen molar-refractivity contribution in [2.24, 2.45) is 0 Å². The Bertz CT molecular complexity index is 229. The number of rotatable bonds is 5. The molecule has 64 valence electrons. The second-order valence-corrected chi connectivity index (χ2v) is 3.78. The van der Waals surface area contributed by atoms with Gasteiger partial charge in [-0.05, 0) is 12.8 Å². The molecule has 11 heavy (non-hydrogen) atoms. The molecule has 1 N–H and O–H groups in total. The summed E-state index contributed by atoms with van der Waals surface area (Å²) in [5.41, 5.74) is 0. The maximum Gasteiger partial charge on any atom is 0.305 e. The second kappa shape index (κ2) is 5.04. The number of hydrogen-bond donors (Lipinski definition) is 1. The first-order valence-electron chi connectivity index (χ1n) is 3.32. The van der Waals surface area contributed by atoms with Gasteiger partial charge in [-0.1, -0.05) is 0 Å². The summed E-state index contributed by atoms with van der Waals surface area (Å²) in [6.07, 6.45) is 1.70. The fourth-order valence-corrected chi connectivity index (χ4v) is 1.21. The van der Waals surface area contributed by atoms with Gasteiger partial charge in [0.1, 0.15) is 4.98 Å². The van der Waals surface area contributed by atoms with E-state index in [-0.39, 0.29) is 5.75 Å². The number of hydrogen-bond acceptors (Lipinski definition) is 3. The summed E-state index contributed by atoms with van der Waals surface area (Å²) < 4.78 is 28.6. The molecule has 6 heteroatoms. The van der Waals surface area contributed by atoms with Gasteiger partial charge in [-0.25, -0.2) is 0 Å². The lowest BCUT2D eigenvalue weighted by Gasteiger charge is -1.92. The van der Waals surface area contributed by atoms with Gasteiger partial charge in [0.05, 0.1) is 5.75 Å².